The van der Waals surface area contributed by atoms with E-state index in [2.05, 4.69) is 30.3 Å². The summed E-state index contributed by atoms with van der Waals surface area (Å²) in [5, 5.41) is 3.45. The average molecular weight is 248 g/mol. The molecule has 1 unspecified atom stereocenters. The summed E-state index contributed by atoms with van der Waals surface area (Å²) in [6, 6.07) is 8.86. The van der Waals surface area contributed by atoms with Crippen molar-refractivity contribution < 1.29 is 4.74 Å². The minimum Gasteiger partial charge on any atom is -0.492 e. The molecule has 1 aromatic rings. The van der Waals surface area contributed by atoms with E-state index in [4.69, 9.17) is 4.74 Å². The maximum absolute atomic E-state index is 5.84. The predicted molar refractivity (Wildman–Crippen MR) is 75.2 cm³/mol. The molecule has 1 atom stereocenters. The molecule has 2 rings (SSSR count). The fraction of sp³-hybridized carbons (Fsp3) is 0.600. The highest BCUT2D eigenvalue weighted by Crippen LogP contribution is 2.16. The number of rotatable bonds is 5. The Morgan fingerprint density at radius 1 is 1.39 bits per heavy atom. The van der Waals surface area contributed by atoms with Gasteiger partial charge in [0, 0.05) is 19.1 Å². The van der Waals surface area contributed by atoms with E-state index in [1.807, 2.05) is 18.2 Å². The van der Waals surface area contributed by atoms with Crippen LogP contribution in [0.3, 0.4) is 0 Å². The van der Waals surface area contributed by atoms with Gasteiger partial charge in [0.2, 0.25) is 0 Å². The first-order valence-electron chi connectivity index (χ1n) is 6.87. The predicted octanol–water partition coefficient (Wildman–Crippen LogP) is 2.06. The molecule has 1 aliphatic rings. The maximum atomic E-state index is 5.84. The van der Waals surface area contributed by atoms with Gasteiger partial charge in [0.15, 0.2) is 0 Å². The molecule has 1 heterocycles. The number of piperidine rings is 1. The molecule has 1 fully saturated rings. The summed E-state index contributed by atoms with van der Waals surface area (Å²) < 4.78 is 5.84. The van der Waals surface area contributed by atoms with E-state index < -0.39 is 0 Å². The van der Waals surface area contributed by atoms with Gasteiger partial charge in [-0.15, -0.1) is 0 Å². The second-order valence-electron chi connectivity index (χ2n) is 5.09. The van der Waals surface area contributed by atoms with Crippen LogP contribution in [0, 0.1) is 6.92 Å². The number of likely N-dealkylation sites (N-methyl/N-ethyl adjacent to an activating group) is 1. The van der Waals surface area contributed by atoms with Crippen molar-refractivity contribution >= 4 is 0 Å². The molecule has 0 amide bonds. The molecule has 3 nitrogen and oxygen atoms in total. The number of benzene rings is 1. The summed E-state index contributed by atoms with van der Waals surface area (Å²) in [4.78, 5) is 2.41. The van der Waals surface area contributed by atoms with Gasteiger partial charge in [-0.1, -0.05) is 18.2 Å². The van der Waals surface area contributed by atoms with Crippen LogP contribution in [0.25, 0.3) is 0 Å². The topological polar surface area (TPSA) is 24.5 Å². The average Bonchev–Trinajstić information content (AvgIpc) is 2.42. The third-order valence-electron chi connectivity index (χ3n) is 3.69. The quantitative estimate of drug-likeness (QED) is 0.863. The summed E-state index contributed by atoms with van der Waals surface area (Å²) in [7, 11) is 2.19. The Morgan fingerprint density at radius 2 is 2.22 bits per heavy atom. The molecule has 0 spiro atoms. The first-order chi connectivity index (χ1) is 8.77. The van der Waals surface area contributed by atoms with E-state index >= 15 is 0 Å². The fourth-order valence-electron chi connectivity index (χ4n) is 2.41. The van der Waals surface area contributed by atoms with Crippen molar-refractivity contribution in [1.82, 2.24) is 10.2 Å². The molecular weight excluding hydrogens is 224 g/mol. The minimum absolute atomic E-state index is 0.666. The van der Waals surface area contributed by atoms with Crippen LogP contribution < -0.4 is 10.1 Å². The van der Waals surface area contributed by atoms with Gasteiger partial charge in [-0.05, 0) is 45.0 Å². The Morgan fingerprint density at radius 3 is 2.94 bits per heavy atom. The molecule has 100 valence electrons. The lowest BCUT2D eigenvalue weighted by Crippen LogP contribution is -2.45. The molecule has 1 aromatic carbocycles. The Hall–Kier alpha value is -1.06. The molecule has 1 aliphatic heterocycles. The maximum Gasteiger partial charge on any atom is 0.122 e. The number of ether oxygens (including phenoxy) is 1. The van der Waals surface area contributed by atoms with Gasteiger partial charge in [-0.2, -0.15) is 0 Å². The zero-order valence-corrected chi connectivity index (χ0v) is 11.5. The van der Waals surface area contributed by atoms with Crippen LogP contribution >= 0.6 is 0 Å². The summed E-state index contributed by atoms with van der Waals surface area (Å²) in [5.74, 6) is 1.01. The molecule has 3 heteroatoms. The van der Waals surface area contributed by atoms with Gasteiger partial charge in [-0.25, -0.2) is 0 Å². The van der Waals surface area contributed by atoms with E-state index in [0.717, 1.165) is 25.4 Å². The van der Waals surface area contributed by atoms with E-state index in [-0.39, 0.29) is 0 Å². The van der Waals surface area contributed by atoms with Gasteiger partial charge < -0.3 is 10.1 Å². The third kappa shape index (κ3) is 3.72. The summed E-state index contributed by atoms with van der Waals surface area (Å²) in [5.41, 5.74) is 1.21. The Kier molecular flexibility index (Phi) is 5.02. The van der Waals surface area contributed by atoms with Crippen LogP contribution in [0.4, 0.5) is 0 Å². The second kappa shape index (κ2) is 6.76. The molecule has 0 aliphatic carbocycles. The Labute approximate surface area is 110 Å². The highest BCUT2D eigenvalue weighted by Gasteiger charge is 2.17. The standard InChI is InChI=1S/C15H24N2O/c1-13-6-3-4-8-15(13)18-11-10-17(2)14-7-5-9-16-12-14/h3-4,6,8,14,16H,5,7,9-12H2,1-2H3. The van der Waals surface area contributed by atoms with Gasteiger partial charge in [0.05, 0.1) is 0 Å². The molecule has 0 radical (unpaired) electrons. The highest BCUT2D eigenvalue weighted by molar-refractivity contribution is 5.31. The molecule has 1 saturated heterocycles. The van der Waals surface area contributed by atoms with Crippen molar-refractivity contribution in [3.8, 4) is 5.75 Å². The summed E-state index contributed by atoms with van der Waals surface area (Å²) in [6.45, 7) is 6.12. The van der Waals surface area contributed by atoms with Crippen molar-refractivity contribution in [2.45, 2.75) is 25.8 Å². The van der Waals surface area contributed by atoms with Crippen molar-refractivity contribution in [3.05, 3.63) is 29.8 Å². The van der Waals surface area contributed by atoms with Crippen LogP contribution in [0.5, 0.6) is 5.75 Å². The second-order valence-corrected chi connectivity index (χ2v) is 5.09. The van der Waals surface area contributed by atoms with E-state index in [1.54, 1.807) is 0 Å². The monoisotopic (exact) mass is 248 g/mol. The van der Waals surface area contributed by atoms with E-state index in [0.29, 0.717) is 6.04 Å². The molecule has 0 bridgehead atoms. The van der Waals surface area contributed by atoms with Gasteiger partial charge in [0.25, 0.3) is 0 Å². The zero-order valence-electron chi connectivity index (χ0n) is 11.5. The van der Waals surface area contributed by atoms with Crippen molar-refractivity contribution in [1.29, 1.82) is 0 Å². The number of hydrogen-bond acceptors (Lipinski definition) is 3. The van der Waals surface area contributed by atoms with Crippen molar-refractivity contribution in [3.63, 3.8) is 0 Å². The number of para-hydroxylation sites is 1. The van der Waals surface area contributed by atoms with Gasteiger partial charge in [-0.3, -0.25) is 4.90 Å². The number of aryl methyl sites for hydroxylation is 1. The molecule has 0 saturated carbocycles. The van der Waals surface area contributed by atoms with Crippen LogP contribution in [-0.4, -0.2) is 44.2 Å². The summed E-state index contributed by atoms with van der Waals surface area (Å²) in [6.07, 6.45) is 2.58. The third-order valence-corrected chi connectivity index (χ3v) is 3.69. The fourth-order valence-corrected chi connectivity index (χ4v) is 2.41. The van der Waals surface area contributed by atoms with Crippen LogP contribution in [0.15, 0.2) is 24.3 Å². The Balaban J connectivity index is 1.73. The highest BCUT2D eigenvalue weighted by atomic mass is 16.5. The van der Waals surface area contributed by atoms with Crippen LogP contribution in [0.1, 0.15) is 18.4 Å². The smallest absolute Gasteiger partial charge is 0.122 e. The molecule has 0 aromatic heterocycles. The van der Waals surface area contributed by atoms with Crippen LogP contribution in [-0.2, 0) is 0 Å². The van der Waals surface area contributed by atoms with Crippen molar-refractivity contribution in [2.75, 3.05) is 33.3 Å². The Bertz CT molecular complexity index is 361. The van der Waals surface area contributed by atoms with E-state index in [9.17, 15) is 0 Å². The first kappa shape index (κ1) is 13.4. The molecule has 1 N–H and O–H groups in total. The largest absolute Gasteiger partial charge is 0.492 e. The molecular formula is C15H24N2O. The summed E-state index contributed by atoms with van der Waals surface area (Å²) >= 11 is 0. The lowest BCUT2D eigenvalue weighted by molar-refractivity contribution is 0.168. The zero-order chi connectivity index (χ0) is 12.8. The number of nitrogens with one attached hydrogen (secondary N) is 1. The lowest BCUT2D eigenvalue weighted by Gasteiger charge is -2.31. The van der Waals surface area contributed by atoms with E-state index in [1.165, 1.54) is 24.9 Å². The number of hydrogen-bond donors (Lipinski definition) is 1. The normalized spacial score (nSPS) is 20.1. The van der Waals surface area contributed by atoms with Crippen LogP contribution in [0.2, 0.25) is 0 Å². The first-order valence-corrected chi connectivity index (χ1v) is 6.87. The SMILES string of the molecule is Cc1ccccc1OCCN(C)C1CCCNC1. The number of nitrogens with zero attached hydrogens (tertiary/aromatic N) is 1. The van der Waals surface area contributed by atoms with Gasteiger partial charge in [0.1, 0.15) is 12.4 Å². The minimum atomic E-state index is 0.666. The molecule has 18 heavy (non-hydrogen) atoms. The lowest BCUT2D eigenvalue weighted by atomic mass is 10.1. The van der Waals surface area contributed by atoms with Crippen molar-refractivity contribution in [2.24, 2.45) is 0 Å². The van der Waals surface area contributed by atoms with Gasteiger partial charge >= 0.3 is 0 Å².